The molecule has 2 aliphatic heterocycles. The van der Waals surface area contributed by atoms with E-state index in [-0.39, 0.29) is 11.7 Å². The van der Waals surface area contributed by atoms with Gasteiger partial charge >= 0.3 is 0 Å². The topological polar surface area (TPSA) is 91.0 Å². The molecule has 3 N–H and O–H groups in total. The SMILES string of the molecule is N=C1NC(=O)c2sc3c4c(ccc1c24)-c1nc2sccc2n1C3O. The van der Waals surface area contributed by atoms with E-state index in [1.54, 1.807) is 0 Å². The first-order chi connectivity index (χ1) is 11.6. The second kappa shape index (κ2) is 3.92. The molecule has 8 heteroatoms. The first-order valence-electron chi connectivity index (χ1n) is 7.28. The van der Waals surface area contributed by atoms with E-state index >= 15 is 0 Å². The summed E-state index contributed by atoms with van der Waals surface area (Å²) in [6.45, 7) is 0. The van der Waals surface area contributed by atoms with Crippen LogP contribution in [-0.2, 0) is 0 Å². The highest BCUT2D eigenvalue weighted by atomic mass is 32.1. The normalized spacial score (nSPS) is 18.3. The maximum Gasteiger partial charge on any atom is 0.267 e. The molecule has 116 valence electrons. The summed E-state index contributed by atoms with van der Waals surface area (Å²) >= 11 is 2.83. The Bertz CT molecular complexity index is 1250. The Morgan fingerprint density at radius 1 is 1.25 bits per heavy atom. The van der Waals surface area contributed by atoms with E-state index in [1.807, 2.05) is 28.1 Å². The molecule has 1 amide bonds. The lowest BCUT2D eigenvalue weighted by Crippen LogP contribution is -2.33. The van der Waals surface area contributed by atoms with Crippen molar-refractivity contribution < 1.29 is 9.90 Å². The Labute approximate surface area is 142 Å². The van der Waals surface area contributed by atoms with Crippen molar-refractivity contribution in [2.45, 2.75) is 6.23 Å². The molecule has 1 unspecified atom stereocenters. The van der Waals surface area contributed by atoms with Crippen LogP contribution in [0.15, 0.2) is 23.6 Å². The number of fused-ring (bicyclic) bond motifs is 4. The van der Waals surface area contributed by atoms with E-state index in [2.05, 4.69) is 10.3 Å². The molecule has 1 atom stereocenters. The summed E-state index contributed by atoms with van der Waals surface area (Å²) in [5.41, 5.74) is 2.50. The molecule has 5 heterocycles. The first kappa shape index (κ1) is 12.8. The molecule has 24 heavy (non-hydrogen) atoms. The minimum Gasteiger partial charge on any atom is -0.368 e. The number of thiophene rings is 2. The van der Waals surface area contributed by atoms with Crippen molar-refractivity contribution in [3.63, 3.8) is 0 Å². The number of amidine groups is 1. The standard InChI is InChI=1S/C16H8N4O2S2/c17-12-5-1-2-6-9-8(5)10(14(21)18-12)24-11(9)16(22)20-7-3-4-23-15(7)19-13(6)20/h1-4,16,22H,(H2,17,18,21). The van der Waals surface area contributed by atoms with Gasteiger partial charge < -0.3 is 10.4 Å². The van der Waals surface area contributed by atoms with Crippen molar-refractivity contribution in [2.24, 2.45) is 0 Å². The molecule has 6 nitrogen and oxygen atoms in total. The zero-order chi connectivity index (χ0) is 16.2. The third-order valence-electron chi connectivity index (χ3n) is 4.64. The fraction of sp³-hybridized carbons (Fsp3) is 0.0625. The zero-order valence-electron chi connectivity index (χ0n) is 12.0. The van der Waals surface area contributed by atoms with Gasteiger partial charge in [0.25, 0.3) is 5.91 Å². The van der Waals surface area contributed by atoms with Gasteiger partial charge in [-0.1, -0.05) is 0 Å². The smallest absolute Gasteiger partial charge is 0.267 e. The maximum atomic E-state index is 12.3. The molecule has 1 aromatic carbocycles. The lowest BCUT2D eigenvalue weighted by Gasteiger charge is -2.22. The molecule has 3 aromatic heterocycles. The number of nitrogens with one attached hydrogen (secondary N) is 2. The molecular weight excluding hydrogens is 344 g/mol. The number of amides is 1. The number of nitrogens with zero attached hydrogens (tertiary/aromatic N) is 2. The number of aliphatic hydroxyl groups excluding tert-OH is 1. The third kappa shape index (κ3) is 1.26. The maximum absolute atomic E-state index is 12.3. The molecule has 0 radical (unpaired) electrons. The fourth-order valence-electron chi connectivity index (χ4n) is 3.66. The van der Waals surface area contributed by atoms with Crippen LogP contribution in [-0.4, -0.2) is 26.4 Å². The number of benzene rings is 1. The second-order valence-corrected chi connectivity index (χ2v) is 7.77. The number of hydrogen-bond acceptors (Lipinski definition) is 6. The van der Waals surface area contributed by atoms with Crippen LogP contribution in [0.3, 0.4) is 0 Å². The molecule has 2 aliphatic rings. The van der Waals surface area contributed by atoms with Crippen LogP contribution in [0.2, 0.25) is 0 Å². The van der Waals surface area contributed by atoms with Crippen LogP contribution < -0.4 is 5.32 Å². The van der Waals surface area contributed by atoms with Gasteiger partial charge in [-0.2, -0.15) is 0 Å². The van der Waals surface area contributed by atoms with Crippen molar-refractivity contribution in [3.8, 4) is 11.4 Å². The van der Waals surface area contributed by atoms with Gasteiger partial charge in [0.15, 0.2) is 6.23 Å². The Morgan fingerprint density at radius 2 is 2.08 bits per heavy atom. The number of carbonyl (C=O) groups excluding carboxylic acids is 1. The molecule has 0 spiro atoms. The Hall–Kier alpha value is -2.55. The van der Waals surface area contributed by atoms with E-state index < -0.39 is 6.23 Å². The van der Waals surface area contributed by atoms with Gasteiger partial charge in [0.1, 0.15) is 21.4 Å². The highest BCUT2D eigenvalue weighted by Crippen LogP contribution is 2.49. The average Bonchev–Trinajstić information content (AvgIpc) is 3.23. The predicted octanol–water partition coefficient (Wildman–Crippen LogP) is 2.90. The lowest BCUT2D eigenvalue weighted by molar-refractivity contribution is 0.0981. The number of carbonyl (C=O) groups is 1. The van der Waals surface area contributed by atoms with Crippen LogP contribution in [0.25, 0.3) is 32.5 Å². The van der Waals surface area contributed by atoms with Crippen molar-refractivity contribution >= 4 is 55.5 Å². The summed E-state index contributed by atoms with van der Waals surface area (Å²) in [4.78, 5) is 19.1. The van der Waals surface area contributed by atoms with Crippen molar-refractivity contribution in [1.82, 2.24) is 14.9 Å². The van der Waals surface area contributed by atoms with Gasteiger partial charge in [0.05, 0.1) is 10.4 Å². The highest BCUT2D eigenvalue weighted by Gasteiger charge is 2.36. The van der Waals surface area contributed by atoms with Crippen LogP contribution in [0, 0.1) is 5.41 Å². The van der Waals surface area contributed by atoms with Gasteiger partial charge in [0, 0.05) is 21.9 Å². The lowest BCUT2D eigenvalue weighted by atomic mass is 9.94. The van der Waals surface area contributed by atoms with Crippen molar-refractivity contribution in [3.05, 3.63) is 38.9 Å². The van der Waals surface area contributed by atoms with Crippen LogP contribution in [0.5, 0.6) is 0 Å². The Balaban J connectivity index is 1.84. The highest BCUT2D eigenvalue weighted by molar-refractivity contribution is 7.17. The number of aromatic nitrogens is 2. The summed E-state index contributed by atoms with van der Waals surface area (Å²) in [5.74, 6) is 0.538. The quantitative estimate of drug-likeness (QED) is 0.454. The van der Waals surface area contributed by atoms with Gasteiger partial charge in [0.2, 0.25) is 0 Å². The molecular formula is C16H8N4O2S2. The third-order valence-corrected chi connectivity index (χ3v) is 6.67. The van der Waals surface area contributed by atoms with Crippen molar-refractivity contribution in [2.75, 3.05) is 0 Å². The summed E-state index contributed by atoms with van der Waals surface area (Å²) in [5, 5.41) is 25.1. The van der Waals surface area contributed by atoms with E-state index in [1.165, 1.54) is 22.7 Å². The minimum atomic E-state index is -0.872. The van der Waals surface area contributed by atoms with Gasteiger partial charge in [-0.05, 0) is 23.6 Å². The van der Waals surface area contributed by atoms with Crippen LogP contribution >= 0.6 is 22.7 Å². The monoisotopic (exact) mass is 352 g/mol. The zero-order valence-corrected chi connectivity index (χ0v) is 13.6. The molecule has 0 saturated carbocycles. The van der Waals surface area contributed by atoms with Gasteiger partial charge in [-0.3, -0.25) is 14.8 Å². The van der Waals surface area contributed by atoms with E-state index in [0.717, 1.165) is 31.6 Å². The van der Waals surface area contributed by atoms with E-state index in [4.69, 9.17) is 5.41 Å². The van der Waals surface area contributed by atoms with Gasteiger partial charge in [-0.15, -0.1) is 22.7 Å². The van der Waals surface area contributed by atoms with Gasteiger partial charge in [-0.25, -0.2) is 4.98 Å². The largest absolute Gasteiger partial charge is 0.368 e. The Morgan fingerprint density at radius 3 is 2.96 bits per heavy atom. The number of hydrogen-bond donors (Lipinski definition) is 3. The fourth-order valence-corrected chi connectivity index (χ4v) is 5.62. The predicted molar refractivity (Wildman–Crippen MR) is 93.1 cm³/mol. The summed E-state index contributed by atoms with van der Waals surface area (Å²) in [7, 11) is 0. The van der Waals surface area contributed by atoms with Crippen LogP contribution in [0.1, 0.15) is 26.3 Å². The summed E-state index contributed by atoms with van der Waals surface area (Å²) in [6.07, 6.45) is -0.872. The number of aliphatic hydroxyl groups is 1. The molecule has 0 saturated heterocycles. The average molecular weight is 352 g/mol. The van der Waals surface area contributed by atoms with Crippen LogP contribution in [0.4, 0.5) is 0 Å². The van der Waals surface area contributed by atoms with E-state index in [0.29, 0.717) is 16.3 Å². The number of imidazole rings is 1. The molecule has 6 rings (SSSR count). The summed E-state index contributed by atoms with van der Waals surface area (Å²) < 4.78 is 1.82. The van der Waals surface area contributed by atoms with Crippen molar-refractivity contribution in [1.29, 1.82) is 5.41 Å². The number of rotatable bonds is 0. The van der Waals surface area contributed by atoms with E-state index in [9.17, 15) is 9.90 Å². The summed E-state index contributed by atoms with van der Waals surface area (Å²) in [6, 6.07) is 5.73. The second-order valence-electron chi connectivity index (χ2n) is 5.83. The molecule has 4 aromatic rings. The minimum absolute atomic E-state index is 0.104. The molecule has 0 bridgehead atoms. The molecule has 0 aliphatic carbocycles. The first-order valence-corrected chi connectivity index (χ1v) is 8.98. The Kier molecular flexibility index (Phi) is 2.09. The molecule has 0 fully saturated rings.